The first kappa shape index (κ1) is 14.6. The summed E-state index contributed by atoms with van der Waals surface area (Å²) in [4.78, 5) is 4.25. The molecule has 2 N–H and O–H groups in total. The number of thiophene rings is 1. The van der Waals surface area contributed by atoms with Crippen molar-refractivity contribution in [1.29, 1.82) is 0 Å². The van der Waals surface area contributed by atoms with Gasteiger partial charge in [0, 0.05) is 20.1 Å². The third kappa shape index (κ3) is 4.38. The summed E-state index contributed by atoms with van der Waals surface area (Å²) >= 11 is 1.74. The molecule has 1 heterocycles. The van der Waals surface area contributed by atoms with Gasteiger partial charge in [0.25, 0.3) is 0 Å². The predicted octanol–water partition coefficient (Wildman–Crippen LogP) is 3.22. The van der Waals surface area contributed by atoms with Crippen LogP contribution in [0.3, 0.4) is 0 Å². The number of nitrogens with zero attached hydrogens (tertiary/aromatic N) is 1. The molecule has 0 aliphatic heterocycles. The van der Waals surface area contributed by atoms with E-state index in [1.54, 1.807) is 18.4 Å². The minimum Gasteiger partial charge on any atom is -0.356 e. The summed E-state index contributed by atoms with van der Waals surface area (Å²) in [7, 11) is 1.80. The van der Waals surface area contributed by atoms with E-state index in [-0.39, 0.29) is 0 Å². The fourth-order valence-electron chi connectivity index (χ4n) is 1.93. The standard InChI is InChI=1S/C16H21N3S/c1-13(15-8-9-20-12-15)10-18-16(17-2)19-11-14-6-4-3-5-7-14/h3-9,12-13H,10-11H2,1-2H3,(H2,17,18,19). The Morgan fingerprint density at radius 1 is 1.20 bits per heavy atom. The van der Waals surface area contributed by atoms with Crippen molar-refractivity contribution < 1.29 is 0 Å². The first-order valence-electron chi connectivity index (χ1n) is 6.80. The number of rotatable bonds is 5. The van der Waals surface area contributed by atoms with E-state index in [1.165, 1.54) is 11.1 Å². The topological polar surface area (TPSA) is 36.4 Å². The van der Waals surface area contributed by atoms with Crippen LogP contribution in [0, 0.1) is 0 Å². The third-order valence-corrected chi connectivity index (χ3v) is 3.92. The first-order valence-corrected chi connectivity index (χ1v) is 7.74. The molecule has 1 aromatic carbocycles. The second-order valence-electron chi connectivity index (χ2n) is 4.75. The molecule has 1 aromatic heterocycles. The number of guanidine groups is 1. The van der Waals surface area contributed by atoms with E-state index in [0.717, 1.165) is 19.0 Å². The quantitative estimate of drug-likeness (QED) is 0.654. The molecule has 106 valence electrons. The van der Waals surface area contributed by atoms with Gasteiger partial charge in [0.2, 0.25) is 0 Å². The number of hydrogen-bond donors (Lipinski definition) is 2. The van der Waals surface area contributed by atoms with Crippen LogP contribution in [0.25, 0.3) is 0 Å². The molecule has 1 unspecified atom stereocenters. The van der Waals surface area contributed by atoms with Crippen molar-refractivity contribution in [3.63, 3.8) is 0 Å². The average molecular weight is 287 g/mol. The average Bonchev–Trinajstić information content (AvgIpc) is 3.02. The van der Waals surface area contributed by atoms with Gasteiger partial charge in [0.15, 0.2) is 5.96 Å². The van der Waals surface area contributed by atoms with Crippen molar-refractivity contribution in [1.82, 2.24) is 10.6 Å². The van der Waals surface area contributed by atoms with Crippen LogP contribution in [-0.4, -0.2) is 19.6 Å². The molecule has 2 aromatic rings. The molecule has 3 nitrogen and oxygen atoms in total. The van der Waals surface area contributed by atoms with Gasteiger partial charge in [0.1, 0.15) is 0 Å². The zero-order valence-electron chi connectivity index (χ0n) is 12.0. The van der Waals surface area contributed by atoms with Crippen molar-refractivity contribution >= 4 is 17.3 Å². The van der Waals surface area contributed by atoms with Gasteiger partial charge in [-0.2, -0.15) is 11.3 Å². The van der Waals surface area contributed by atoms with E-state index >= 15 is 0 Å². The summed E-state index contributed by atoms with van der Waals surface area (Å²) < 4.78 is 0. The highest BCUT2D eigenvalue weighted by atomic mass is 32.1. The fraction of sp³-hybridized carbons (Fsp3) is 0.312. The smallest absolute Gasteiger partial charge is 0.191 e. The second kappa shape index (κ2) is 7.70. The number of hydrogen-bond acceptors (Lipinski definition) is 2. The van der Waals surface area contributed by atoms with E-state index in [9.17, 15) is 0 Å². The van der Waals surface area contributed by atoms with Crippen LogP contribution in [0.1, 0.15) is 24.0 Å². The van der Waals surface area contributed by atoms with Crippen molar-refractivity contribution in [3.8, 4) is 0 Å². The molecule has 0 saturated heterocycles. The van der Waals surface area contributed by atoms with E-state index in [1.807, 2.05) is 18.2 Å². The maximum atomic E-state index is 4.25. The molecule has 0 aliphatic carbocycles. The summed E-state index contributed by atoms with van der Waals surface area (Å²) in [6, 6.07) is 12.5. The highest BCUT2D eigenvalue weighted by molar-refractivity contribution is 7.07. The van der Waals surface area contributed by atoms with Gasteiger partial charge in [-0.15, -0.1) is 0 Å². The van der Waals surface area contributed by atoms with Gasteiger partial charge in [0.05, 0.1) is 0 Å². The molecular formula is C16H21N3S. The van der Waals surface area contributed by atoms with Gasteiger partial charge in [-0.1, -0.05) is 37.3 Å². The summed E-state index contributed by atoms with van der Waals surface area (Å²) in [5.41, 5.74) is 2.63. The normalized spacial score (nSPS) is 13.0. The largest absolute Gasteiger partial charge is 0.356 e. The lowest BCUT2D eigenvalue weighted by molar-refractivity contribution is 0.701. The number of aliphatic imine (C=N–C) groups is 1. The maximum Gasteiger partial charge on any atom is 0.191 e. The van der Waals surface area contributed by atoms with Crippen molar-refractivity contribution in [2.45, 2.75) is 19.4 Å². The SMILES string of the molecule is CN=C(NCc1ccccc1)NCC(C)c1ccsc1. The summed E-state index contributed by atoms with van der Waals surface area (Å²) in [5, 5.41) is 11.0. The van der Waals surface area contributed by atoms with E-state index < -0.39 is 0 Å². The van der Waals surface area contributed by atoms with Crippen molar-refractivity contribution in [3.05, 3.63) is 58.3 Å². The third-order valence-electron chi connectivity index (χ3n) is 3.21. The Bertz CT molecular complexity index is 520. The summed E-state index contributed by atoms with van der Waals surface area (Å²) in [5.74, 6) is 1.33. The maximum absolute atomic E-state index is 4.25. The Hall–Kier alpha value is -1.81. The first-order chi connectivity index (χ1) is 9.79. The monoisotopic (exact) mass is 287 g/mol. The lowest BCUT2D eigenvalue weighted by Crippen LogP contribution is -2.38. The van der Waals surface area contributed by atoms with Crippen LogP contribution in [-0.2, 0) is 6.54 Å². The van der Waals surface area contributed by atoms with Crippen molar-refractivity contribution in [2.24, 2.45) is 4.99 Å². The molecule has 0 bridgehead atoms. The minimum absolute atomic E-state index is 0.483. The molecular weight excluding hydrogens is 266 g/mol. The van der Waals surface area contributed by atoms with Crippen LogP contribution in [0.5, 0.6) is 0 Å². The molecule has 0 aliphatic rings. The van der Waals surface area contributed by atoms with E-state index in [0.29, 0.717) is 5.92 Å². The van der Waals surface area contributed by atoms with Gasteiger partial charge in [-0.3, -0.25) is 4.99 Å². The highest BCUT2D eigenvalue weighted by Gasteiger charge is 2.06. The Kier molecular flexibility index (Phi) is 5.62. The van der Waals surface area contributed by atoms with Crippen LogP contribution in [0.2, 0.25) is 0 Å². The highest BCUT2D eigenvalue weighted by Crippen LogP contribution is 2.16. The molecule has 2 rings (SSSR count). The molecule has 4 heteroatoms. The van der Waals surface area contributed by atoms with Gasteiger partial charge in [-0.05, 0) is 33.9 Å². The van der Waals surface area contributed by atoms with Crippen LogP contribution >= 0.6 is 11.3 Å². The van der Waals surface area contributed by atoms with Crippen LogP contribution in [0.15, 0.2) is 52.2 Å². The van der Waals surface area contributed by atoms with E-state index in [2.05, 4.69) is 51.5 Å². The molecule has 0 spiro atoms. The molecule has 0 saturated carbocycles. The minimum atomic E-state index is 0.483. The zero-order chi connectivity index (χ0) is 14.2. The molecule has 0 fully saturated rings. The van der Waals surface area contributed by atoms with Crippen molar-refractivity contribution in [2.75, 3.05) is 13.6 Å². The predicted molar refractivity (Wildman–Crippen MR) is 87.4 cm³/mol. The fourth-order valence-corrected chi connectivity index (χ4v) is 2.71. The second-order valence-corrected chi connectivity index (χ2v) is 5.53. The Morgan fingerprint density at radius 2 is 2.00 bits per heavy atom. The lowest BCUT2D eigenvalue weighted by Gasteiger charge is -2.15. The number of benzene rings is 1. The molecule has 0 amide bonds. The Balaban J connectivity index is 1.78. The van der Waals surface area contributed by atoms with Gasteiger partial charge < -0.3 is 10.6 Å². The molecule has 1 atom stereocenters. The molecule has 0 radical (unpaired) electrons. The van der Waals surface area contributed by atoms with Crippen LogP contribution < -0.4 is 10.6 Å². The molecule has 20 heavy (non-hydrogen) atoms. The summed E-state index contributed by atoms with van der Waals surface area (Å²) in [6.07, 6.45) is 0. The van der Waals surface area contributed by atoms with E-state index in [4.69, 9.17) is 0 Å². The van der Waals surface area contributed by atoms with Gasteiger partial charge >= 0.3 is 0 Å². The number of nitrogens with one attached hydrogen (secondary N) is 2. The Labute approximate surface area is 124 Å². The summed E-state index contributed by atoms with van der Waals surface area (Å²) in [6.45, 7) is 3.89. The Morgan fingerprint density at radius 3 is 2.65 bits per heavy atom. The lowest BCUT2D eigenvalue weighted by atomic mass is 10.1. The zero-order valence-corrected chi connectivity index (χ0v) is 12.8. The van der Waals surface area contributed by atoms with Crippen LogP contribution in [0.4, 0.5) is 0 Å². The van der Waals surface area contributed by atoms with Gasteiger partial charge in [-0.25, -0.2) is 0 Å².